The first-order chi connectivity index (χ1) is 18.2. The largest absolute Gasteiger partial charge is 0.489 e. The van der Waals surface area contributed by atoms with E-state index in [-0.39, 0.29) is 17.6 Å². The number of para-hydroxylation sites is 1. The number of carbonyl (C=O) groups is 1. The molecule has 0 saturated heterocycles. The van der Waals surface area contributed by atoms with Crippen molar-refractivity contribution in [2.45, 2.75) is 32.9 Å². The first-order valence-electron chi connectivity index (χ1n) is 11.8. The van der Waals surface area contributed by atoms with E-state index in [0.717, 1.165) is 23.3 Å². The Bertz CT molecular complexity index is 1700. The predicted octanol–water partition coefficient (Wildman–Crippen LogP) is 5.93. The number of hydrogen-bond acceptors (Lipinski definition) is 6. The third-order valence-corrected chi connectivity index (χ3v) is 9.29. The second kappa shape index (κ2) is 11.4. The van der Waals surface area contributed by atoms with Crippen LogP contribution >= 0.6 is 67.9 Å². The average Bonchev–Trinajstić information content (AvgIpc) is 3.50. The van der Waals surface area contributed by atoms with E-state index < -0.39 is 6.04 Å². The summed E-state index contributed by atoms with van der Waals surface area (Å²) in [6, 6.07) is 16.7. The molecule has 1 N–H and O–H groups in total. The zero-order valence-electron chi connectivity index (χ0n) is 20.7. The van der Waals surface area contributed by atoms with E-state index in [9.17, 15) is 9.59 Å². The number of halogens is 2. The van der Waals surface area contributed by atoms with E-state index in [1.54, 1.807) is 4.57 Å². The van der Waals surface area contributed by atoms with Crippen LogP contribution in [0.15, 0.2) is 81.0 Å². The molecule has 38 heavy (non-hydrogen) atoms. The van der Waals surface area contributed by atoms with Crippen LogP contribution in [0.2, 0.25) is 0 Å². The van der Waals surface area contributed by atoms with E-state index in [4.69, 9.17) is 9.73 Å². The molecule has 5 rings (SSSR count). The normalized spacial score (nSPS) is 15.4. The Morgan fingerprint density at radius 2 is 1.84 bits per heavy atom. The van der Waals surface area contributed by atoms with E-state index in [2.05, 4.69) is 50.5 Å². The summed E-state index contributed by atoms with van der Waals surface area (Å²) in [5, 5.41) is 4.93. The van der Waals surface area contributed by atoms with Crippen LogP contribution in [0.25, 0.3) is 6.08 Å². The number of ether oxygens (including phenoxy) is 1. The summed E-state index contributed by atoms with van der Waals surface area (Å²) in [5.41, 5.74) is 2.50. The Balaban J connectivity index is 1.61. The molecule has 0 saturated carbocycles. The summed E-state index contributed by atoms with van der Waals surface area (Å²) in [6.45, 7) is 5.83. The summed E-state index contributed by atoms with van der Waals surface area (Å²) in [5.74, 6) is 0.581. The maximum Gasteiger partial charge on any atom is 0.271 e. The van der Waals surface area contributed by atoms with Gasteiger partial charge >= 0.3 is 0 Å². The van der Waals surface area contributed by atoms with Crippen molar-refractivity contribution in [2.24, 2.45) is 4.99 Å². The van der Waals surface area contributed by atoms with Crippen LogP contribution in [0.5, 0.6) is 5.75 Å². The summed E-state index contributed by atoms with van der Waals surface area (Å²) in [7, 11) is 0. The third-order valence-electron chi connectivity index (χ3n) is 5.78. The number of carbonyl (C=O) groups excluding carboxylic acids is 1. The van der Waals surface area contributed by atoms with Gasteiger partial charge in [0.2, 0.25) is 0 Å². The molecule has 0 bridgehead atoms. The van der Waals surface area contributed by atoms with Gasteiger partial charge in [-0.3, -0.25) is 14.2 Å². The van der Waals surface area contributed by atoms with Gasteiger partial charge in [0, 0.05) is 10.6 Å². The maximum absolute atomic E-state index is 13.8. The van der Waals surface area contributed by atoms with Gasteiger partial charge in [0.05, 0.1) is 29.0 Å². The van der Waals surface area contributed by atoms with Crippen molar-refractivity contribution < 1.29 is 9.53 Å². The Hall–Kier alpha value is -2.29. The number of anilines is 1. The second-order valence-electron chi connectivity index (χ2n) is 8.90. The quantitative estimate of drug-likeness (QED) is 0.248. The molecule has 1 amide bonds. The first-order valence-corrected chi connectivity index (χ1v) is 15.7. The Labute approximate surface area is 255 Å². The van der Waals surface area contributed by atoms with Crippen molar-refractivity contribution in [3.63, 3.8) is 0 Å². The van der Waals surface area contributed by atoms with Gasteiger partial charge in [-0.1, -0.05) is 35.6 Å². The summed E-state index contributed by atoms with van der Waals surface area (Å²) < 4.78 is 10.1. The van der Waals surface area contributed by atoms with Crippen molar-refractivity contribution in [1.82, 2.24) is 4.57 Å². The zero-order valence-corrected chi connectivity index (χ0v) is 26.6. The SMILES string of the molecule is CC1=C(C(=O)Nc2ccccc2)[C@H](c2cccs2)n2c(sc(=Cc3cc(I)c(OC(C)C)c(I)c3)c2=O)=N1. The van der Waals surface area contributed by atoms with Crippen molar-refractivity contribution in [1.29, 1.82) is 0 Å². The van der Waals surface area contributed by atoms with Gasteiger partial charge in [-0.25, -0.2) is 4.99 Å². The topological polar surface area (TPSA) is 72.7 Å². The average molecular weight is 767 g/mol. The number of allylic oxidation sites excluding steroid dienone is 1. The highest BCUT2D eigenvalue weighted by Crippen LogP contribution is 2.33. The Kier molecular flexibility index (Phi) is 8.22. The molecule has 1 aliphatic heterocycles. The molecule has 0 aliphatic carbocycles. The highest BCUT2D eigenvalue weighted by atomic mass is 127. The highest BCUT2D eigenvalue weighted by Gasteiger charge is 2.33. The minimum absolute atomic E-state index is 0.0698. The van der Waals surface area contributed by atoms with Crippen LogP contribution in [0.3, 0.4) is 0 Å². The first kappa shape index (κ1) is 27.3. The number of fused-ring (bicyclic) bond motifs is 1. The fraction of sp³-hybridized carbons (Fsp3) is 0.179. The lowest BCUT2D eigenvalue weighted by Crippen LogP contribution is -2.40. The Morgan fingerprint density at radius 3 is 2.47 bits per heavy atom. The van der Waals surface area contributed by atoms with Gasteiger partial charge < -0.3 is 10.1 Å². The number of amides is 1. The number of nitrogens with one attached hydrogen (secondary N) is 1. The number of thiazole rings is 1. The highest BCUT2D eigenvalue weighted by molar-refractivity contribution is 14.1. The van der Waals surface area contributed by atoms with Crippen molar-refractivity contribution >= 4 is 85.5 Å². The van der Waals surface area contributed by atoms with Crippen molar-refractivity contribution in [2.75, 3.05) is 5.32 Å². The fourth-order valence-electron chi connectivity index (χ4n) is 4.21. The number of benzene rings is 2. The maximum atomic E-state index is 13.8. The van der Waals surface area contributed by atoms with Gasteiger partial charge in [0.25, 0.3) is 11.5 Å². The molecular formula is C28H23I2N3O3S2. The molecule has 4 aromatic rings. The summed E-state index contributed by atoms with van der Waals surface area (Å²) >= 11 is 7.39. The second-order valence-corrected chi connectivity index (χ2v) is 13.2. The summed E-state index contributed by atoms with van der Waals surface area (Å²) in [4.78, 5) is 33.6. The number of aromatic nitrogens is 1. The number of thiophene rings is 1. The molecule has 10 heteroatoms. The number of nitrogens with zero attached hydrogens (tertiary/aromatic N) is 2. The third kappa shape index (κ3) is 5.54. The Morgan fingerprint density at radius 1 is 1.13 bits per heavy atom. The van der Waals surface area contributed by atoms with E-state index >= 15 is 0 Å². The van der Waals surface area contributed by atoms with Gasteiger partial charge in [0.15, 0.2) is 4.80 Å². The van der Waals surface area contributed by atoms with Gasteiger partial charge in [0.1, 0.15) is 11.8 Å². The predicted molar refractivity (Wildman–Crippen MR) is 171 cm³/mol. The minimum atomic E-state index is -0.556. The van der Waals surface area contributed by atoms with E-state index in [1.165, 1.54) is 22.7 Å². The van der Waals surface area contributed by atoms with Crippen LogP contribution in [-0.4, -0.2) is 16.6 Å². The smallest absolute Gasteiger partial charge is 0.271 e. The van der Waals surface area contributed by atoms with Gasteiger partial charge in [-0.15, -0.1) is 11.3 Å². The molecule has 0 radical (unpaired) electrons. The lowest BCUT2D eigenvalue weighted by molar-refractivity contribution is -0.113. The van der Waals surface area contributed by atoms with Crippen LogP contribution in [0.1, 0.15) is 37.3 Å². The minimum Gasteiger partial charge on any atom is -0.489 e. The molecule has 2 aromatic carbocycles. The lowest BCUT2D eigenvalue weighted by atomic mass is 10.0. The monoisotopic (exact) mass is 767 g/mol. The molecule has 0 spiro atoms. The van der Waals surface area contributed by atoms with Crippen molar-refractivity contribution in [3.05, 3.63) is 109 Å². The van der Waals surface area contributed by atoms with Crippen LogP contribution < -0.4 is 24.9 Å². The van der Waals surface area contributed by atoms with Gasteiger partial charge in [-0.2, -0.15) is 0 Å². The number of hydrogen-bond donors (Lipinski definition) is 1. The van der Waals surface area contributed by atoms with Crippen LogP contribution in [0, 0.1) is 7.14 Å². The van der Waals surface area contributed by atoms with Gasteiger partial charge in [-0.05, 0) is 113 Å². The van der Waals surface area contributed by atoms with E-state index in [1.807, 2.05) is 86.8 Å². The molecule has 1 aliphatic rings. The molecular weight excluding hydrogens is 744 g/mol. The molecule has 1 atom stereocenters. The van der Waals surface area contributed by atoms with Crippen LogP contribution in [0.4, 0.5) is 5.69 Å². The standard InChI is InChI=1S/C28H23I2N3O3S2/c1-15(2)36-25-19(29)12-17(13-20(25)30)14-22-27(35)33-24(21-10-7-11-37-21)23(16(3)31-28(33)38-22)26(34)32-18-8-5-4-6-9-18/h4-15,24H,1-3H3,(H,32,34)/t24-/m0/s1. The van der Waals surface area contributed by atoms with E-state index in [0.29, 0.717) is 26.3 Å². The molecule has 0 fully saturated rings. The number of rotatable bonds is 6. The molecule has 0 unspecified atom stereocenters. The fourth-order valence-corrected chi connectivity index (χ4v) is 8.15. The zero-order chi connectivity index (χ0) is 27.0. The lowest BCUT2D eigenvalue weighted by Gasteiger charge is -2.24. The molecule has 2 aromatic heterocycles. The summed E-state index contributed by atoms with van der Waals surface area (Å²) in [6.07, 6.45) is 1.96. The van der Waals surface area contributed by atoms with Crippen LogP contribution in [-0.2, 0) is 4.79 Å². The molecule has 194 valence electrons. The molecule has 6 nitrogen and oxygen atoms in total. The van der Waals surface area contributed by atoms with Crippen molar-refractivity contribution in [3.8, 4) is 5.75 Å². The molecule has 3 heterocycles.